The lowest BCUT2D eigenvalue weighted by molar-refractivity contribution is 0.204. The maximum absolute atomic E-state index is 11.9. The average Bonchev–Trinajstić information content (AvgIpc) is 2.36. The van der Waals surface area contributed by atoms with Crippen LogP contribution in [0.15, 0.2) is 24.3 Å². The largest absolute Gasteiger partial charge is 0.396 e. The van der Waals surface area contributed by atoms with Gasteiger partial charge in [0.25, 0.3) is 0 Å². The second-order valence-corrected chi connectivity index (χ2v) is 7.27. The molecule has 0 fully saturated rings. The summed E-state index contributed by atoms with van der Waals surface area (Å²) in [5, 5.41) is 14.6. The maximum Gasteiger partial charge on any atom is 0.319 e. The van der Waals surface area contributed by atoms with Crippen LogP contribution in [0.5, 0.6) is 0 Å². The van der Waals surface area contributed by atoms with Crippen LogP contribution < -0.4 is 10.6 Å². The van der Waals surface area contributed by atoms with Crippen molar-refractivity contribution >= 4 is 11.7 Å². The highest BCUT2D eigenvalue weighted by Crippen LogP contribution is 2.23. The molecule has 0 aromatic heterocycles. The van der Waals surface area contributed by atoms with Gasteiger partial charge in [0.1, 0.15) is 0 Å². The van der Waals surface area contributed by atoms with Gasteiger partial charge in [-0.3, -0.25) is 0 Å². The second kappa shape index (κ2) is 6.94. The van der Waals surface area contributed by atoms with Crippen molar-refractivity contribution in [3.63, 3.8) is 0 Å². The van der Waals surface area contributed by atoms with E-state index in [1.807, 2.05) is 38.1 Å². The van der Waals surface area contributed by atoms with Gasteiger partial charge in [-0.15, -0.1) is 0 Å². The lowest BCUT2D eigenvalue weighted by Crippen LogP contribution is -2.37. The SMILES string of the molecule is CC(C)(CCO)CNC(=O)Nc1ccc(C(C)(C)C)cc1. The normalized spacial score (nSPS) is 12.1. The summed E-state index contributed by atoms with van der Waals surface area (Å²) in [5.74, 6) is 0. The molecule has 0 bridgehead atoms. The van der Waals surface area contributed by atoms with Crippen molar-refractivity contribution in [1.29, 1.82) is 0 Å². The first kappa shape index (κ1) is 17.5. The average molecular weight is 292 g/mol. The van der Waals surface area contributed by atoms with Crippen molar-refractivity contribution in [2.24, 2.45) is 5.41 Å². The number of nitrogens with one attached hydrogen (secondary N) is 2. The van der Waals surface area contributed by atoms with Gasteiger partial charge in [0.2, 0.25) is 0 Å². The van der Waals surface area contributed by atoms with E-state index in [4.69, 9.17) is 5.11 Å². The molecule has 0 aliphatic heterocycles. The summed E-state index contributed by atoms with van der Waals surface area (Å²) in [7, 11) is 0. The number of amides is 2. The molecule has 0 heterocycles. The molecule has 0 aliphatic carbocycles. The van der Waals surface area contributed by atoms with Gasteiger partial charge >= 0.3 is 6.03 Å². The summed E-state index contributed by atoms with van der Waals surface area (Å²) in [6, 6.07) is 7.68. The monoisotopic (exact) mass is 292 g/mol. The Balaban J connectivity index is 2.52. The molecule has 0 atom stereocenters. The van der Waals surface area contributed by atoms with E-state index in [1.165, 1.54) is 5.56 Å². The van der Waals surface area contributed by atoms with Gasteiger partial charge in [0, 0.05) is 18.8 Å². The van der Waals surface area contributed by atoms with E-state index < -0.39 is 0 Å². The topological polar surface area (TPSA) is 61.4 Å². The molecule has 21 heavy (non-hydrogen) atoms. The van der Waals surface area contributed by atoms with Gasteiger partial charge in [-0.2, -0.15) is 0 Å². The highest BCUT2D eigenvalue weighted by molar-refractivity contribution is 5.89. The lowest BCUT2D eigenvalue weighted by Gasteiger charge is -2.24. The van der Waals surface area contributed by atoms with Crippen LogP contribution in [-0.4, -0.2) is 24.3 Å². The molecule has 1 rings (SSSR count). The van der Waals surface area contributed by atoms with Crippen LogP contribution in [0.25, 0.3) is 0 Å². The van der Waals surface area contributed by atoms with Crippen LogP contribution in [0.3, 0.4) is 0 Å². The summed E-state index contributed by atoms with van der Waals surface area (Å²) in [6.45, 7) is 11.2. The van der Waals surface area contributed by atoms with Crippen LogP contribution in [0, 0.1) is 5.41 Å². The number of benzene rings is 1. The Morgan fingerprint density at radius 3 is 2.14 bits per heavy atom. The molecule has 0 saturated carbocycles. The first-order chi connectivity index (χ1) is 9.64. The van der Waals surface area contributed by atoms with Gasteiger partial charge in [-0.05, 0) is 34.9 Å². The van der Waals surface area contributed by atoms with Gasteiger partial charge in [0.05, 0.1) is 0 Å². The predicted molar refractivity (Wildman–Crippen MR) is 87.6 cm³/mol. The number of aliphatic hydroxyl groups is 1. The molecule has 2 amide bonds. The molecule has 4 nitrogen and oxygen atoms in total. The Kier molecular flexibility index (Phi) is 5.78. The second-order valence-electron chi connectivity index (χ2n) is 7.27. The minimum Gasteiger partial charge on any atom is -0.396 e. The number of aliphatic hydroxyl groups excluding tert-OH is 1. The fourth-order valence-corrected chi connectivity index (χ4v) is 1.94. The zero-order chi connectivity index (χ0) is 16.1. The van der Waals surface area contributed by atoms with E-state index in [9.17, 15) is 4.79 Å². The van der Waals surface area contributed by atoms with Gasteiger partial charge in [-0.25, -0.2) is 4.79 Å². The number of anilines is 1. The minimum atomic E-state index is -0.218. The van der Waals surface area contributed by atoms with Crippen molar-refractivity contribution in [1.82, 2.24) is 5.32 Å². The van der Waals surface area contributed by atoms with Crippen LogP contribution in [0.1, 0.15) is 46.6 Å². The molecule has 4 heteroatoms. The maximum atomic E-state index is 11.9. The van der Waals surface area contributed by atoms with Crippen molar-refractivity contribution in [3.05, 3.63) is 29.8 Å². The molecule has 3 N–H and O–H groups in total. The number of rotatable bonds is 5. The Morgan fingerprint density at radius 1 is 1.10 bits per heavy atom. The zero-order valence-corrected chi connectivity index (χ0v) is 13.8. The lowest BCUT2D eigenvalue weighted by atomic mass is 9.87. The van der Waals surface area contributed by atoms with Gasteiger partial charge in [0.15, 0.2) is 0 Å². The Bertz CT molecular complexity index is 459. The molecule has 0 aliphatic rings. The third-order valence-corrected chi connectivity index (χ3v) is 3.52. The van der Waals surface area contributed by atoms with E-state index in [-0.39, 0.29) is 23.5 Å². The Labute approximate surface area is 128 Å². The highest BCUT2D eigenvalue weighted by atomic mass is 16.3. The number of carbonyl (C=O) groups is 1. The number of hydrogen-bond donors (Lipinski definition) is 3. The van der Waals surface area contributed by atoms with Crippen molar-refractivity contribution in [2.75, 3.05) is 18.5 Å². The number of carbonyl (C=O) groups excluding carboxylic acids is 1. The van der Waals surface area contributed by atoms with E-state index in [1.54, 1.807) is 0 Å². The summed E-state index contributed by atoms with van der Waals surface area (Å²) < 4.78 is 0. The minimum absolute atomic E-state index is 0.106. The fourth-order valence-electron chi connectivity index (χ4n) is 1.94. The van der Waals surface area contributed by atoms with Gasteiger partial charge in [-0.1, -0.05) is 46.8 Å². The molecule has 0 radical (unpaired) electrons. The molecular formula is C17H28N2O2. The summed E-state index contributed by atoms with van der Waals surface area (Å²) in [6.07, 6.45) is 0.660. The third kappa shape index (κ3) is 6.17. The van der Waals surface area contributed by atoms with Crippen LogP contribution in [0.2, 0.25) is 0 Å². The molecule has 118 valence electrons. The van der Waals surface area contributed by atoms with Crippen molar-refractivity contribution in [3.8, 4) is 0 Å². The molecule has 0 spiro atoms. The van der Waals surface area contributed by atoms with E-state index >= 15 is 0 Å². The summed E-state index contributed by atoms with van der Waals surface area (Å²) in [5.41, 5.74) is 2.01. The number of hydrogen-bond acceptors (Lipinski definition) is 2. The van der Waals surface area contributed by atoms with Crippen LogP contribution in [-0.2, 0) is 5.41 Å². The summed E-state index contributed by atoms with van der Waals surface area (Å²) in [4.78, 5) is 11.9. The quantitative estimate of drug-likeness (QED) is 0.777. The van der Waals surface area contributed by atoms with E-state index in [0.29, 0.717) is 13.0 Å². The standard InChI is InChI=1S/C17H28N2O2/c1-16(2,3)13-6-8-14(9-7-13)19-15(21)18-12-17(4,5)10-11-20/h6-9,20H,10-12H2,1-5H3,(H2,18,19,21). The van der Waals surface area contributed by atoms with Crippen LogP contribution >= 0.6 is 0 Å². The zero-order valence-electron chi connectivity index (χ0n) is 13.8. The first-order valence-corrected chi connectivity index (χ1v) is 7.40. The highest BCUT2D eigenvalue weighted by Gasteiger charge is 2.18. The Hall–Kier alpha value is -1.55. The van der Waals surface area contributed by atoms with Gasteiger partial charge < -0.3 is 15.7 Å². The molecule has 0 unspecified atom stereocenters. The first-order valence-electron chi connectivity index (χ1n) is 7.40. The molecule has 1 aromatic rings. The van der Waals surface area contributed by atoms with Crippen molar-refractivity contribution in [2.45, 2.75) is 46.5 Å². The fraction of sp³-hybridized carbons (Fsp3) is 0.588. The third-order valence-electron chi connectivity index (χ3n) is 3.52. The summed E-state index contributed by atoms with van der Waals surface area (Å²) >= 11 is 0. The molecule has 1 aromatic carbocycles. The predicted octanol–water partition coefficient (Wildman–Crippen LogP) is 3.51. The van der Waals surface area contributed by atoms with Crippen molar-refractivity contribution < 1.29 is 9.90 Å². The Morgan fingerprint density at radius 2 is 1.67 bits per heavy atom. The van der Waals surface area contributed by atoms with Crippen LogP contribution in [0.4, 0.5) is 10.5 Å². The number of urea groups is 1. The smallest absolute Gasteiger partial charge is 0.319 e. The molecular weight excluding hydrogens is 264 g/mol. The molecule has 0 saturated heterocycles. The van der Waals surface area contributed by atoms with E-state index in [0.717, 1.165) is 5.69 Å². The van der Waals surface area contributed by atoms with E-state index in [2.05, 4.69) is 31.4 Å².